The maximum Gasteiger partial charge on any atom is 0.420 e. The number of sulfonamides is 2. The topological polar surface area (TPSA) is 217 Å². The Morgan fingerprint density at radius 3 is 1.56 bits per heavy atom. The molecule has 366 valence electrons. The SMILES string of the molecule is C[C@H](c1ccccc1C1=CCCCC1)n1c(=O)oc2cc(S(=O)(=O)Nc3ncns3)c(Cl)cc21.C[C@H](c1ccccc1C1=CCN(C)CC1)n1c(=O)oc2cc(S(=O)(=O)Nc3ncns3)c(Cl)cc21.Cl. The largest absolute Gasteiger partial charge is 0.420 e. The molecule has 0 bridgehead atoms. The predicted molar refractivity (Wildman–Crippen MR) is 277 cm³/mol. The van der Waals surface area contributed by atoms with Gasteiger partial charge in [-0.05, 0) is 98.5 Å². The number of likely N-dealkylation sites (N-methyl/N-ethyl adjacent to an activating group) is 1. The molecule has 4 aromatic carbocycles. The minimum absolute atomic E-state index is 0. The van der Waals surface area contributed by atoms with Crippen LogP contribution in [0.15, 0.2) is 126 Å². The molecular formula is C46H44Cl3N9O8S4. The molecule has 1 aliphatic carbocycles. The van der Waals surface area contributed by atoms with E-state index in [1.54, 1.807) is 0 Å². The zero-order valence-corrected chi connectivity index (χ0v) is 43.1. The maximum absolute atomic E-state index is 13.0. The van der Waals surface area contributed by atoms with Gasteiger partial charge in [-0.2, -0.15) is 8.75 Å². The van der Waals surface area contributed by atoms with E-state index in [-0.39, 0.29) is 65.8 Å². The fraction of sp³-hybridized carbons (Fsp3) is 0.261. The molecule has 0 fully saturated rings. The van der Waals surface area contributed by atoms with Crippen molar-refractivity contribution in [2.45, 2.75) is 67.8 Å². The number of nitrogens with zero attached hydrogens (tertiary/aromatic N) is 7. The van der Waals surface area contributed by atoms with E-state index in [0.717, 1.165) is 84.1 Å². The number of hydrogen-bond donors (Lipinski definition) is 2. The summed E-state index contributed by atoms with van der Waals surface area (Å²) in [4.78, 5) is 35.4. The molecule has 24 heteroatoms. The first kappa shape index (κ1) is 50.7. The molecule has 0 saturated carbocycles. The van der Waals surface area contributed by atoms with Gasteiger partial charge >= 0.3 is 11.5 Å². The van der Waals surface area contributed by atoms with Crippen molar-refractivity contribution in [3.63, 3.8) is 0 Å². The second-order valence-corrected chi connectivity index (χ2v) is 22.1. The van der Waals surface area contributed by atoms with Gasteiger partial charge in [-0.25, -0.2) is 36.4 Å². The number of nitrogens with one attached hydrogen (secondary N) is 2. The van der Waals surface area contributed by atoms with Crippen molar-refractivity contribution in [2.24, 2.45) is 0 Å². The zero-order valence-electron chi connectivity index (χ0n) is 37.5. The van der Waals surface area contributed by atoms with Gasteiger partial charge in [-0.3, -0.25) is 18.6 Å². The molecule has 1 aliphatic heterocycles. The van der Waals surface area contributed by atoms with Gasteiger partial charge in [0, 0.05) is 48.3 Å². The number of aromatic nitrogens is 6. The lowest BCUT2D eigenvalue weighted by Crippen LogP contribution is -2.24. The van der Waals surface area contributed by atoms with Crippen molar-refractivity contribution in [2.75, 3.05) is 29.6 Å². The van der Waals surface area contributed by atoms with Crippen LogP contribution in [-0.4, -0.2) is 69.7 Å². The molecule has 0 radical (unpaired) electrons. The van der Waals surface area contributed by atoms with Crippen LogP contribution >= 0.6 is 58.7 Å². The molecule has 8 aromatic rings. The highest BCUT2D eigenvalue weighted by Crippen LogP contribution is 2.37. The number of rotatable bonds is 12. The lowest BCUT2D eigenvalue weighted by Gasteiger charge is -2.25. The van der Waals surface area contributed by atoms with Crippen molar-refractivity contribution in [1.29, 1.82) is 0 Å². The molecule has 10 rings (SSSR count). The number of benzene rings is 4. The lowest BCUT2D eigenvalue weighted by molar-refractivity contribution is 0.370. The molecular weight excluding hydrogens is 1040 g/mol. The van der Waals surface area contributed by atoms with Gasteiger partial charge in [0.05, 0.1) is 33.2 Å². The quantitative estimate of drug-likeness (QED) is 0.117. The predicted octanol–water partition coefficient (Wildman–Crippen LogP) is 10.1. The normalized spacial score (nSPS) is 15.3. The summed E-state index contributed by atoms with van der Waals surface area (Å²) < 4.78 is 77.6. The van der Waals surface area contributed by atoms with E-state index in [0.29, 0.717) is 11.0 Å². The third-order valence-electron chi connectivity index (χ3n) is 12.1. The summed E-state index contributed by atoms with van der Waals surface area (Å²) in [6.07, 6.45) is 12.3. The molecule has 5 heterocycles. The highest BCUT2D eigenvalue weighted by molar-refractivity contribution is 7.93. The monoisotopic (exact) mass is 1080 g/mol. The van der Waals surface area contributed by atoms with Crippen LogP contribution in [0.25, 0.3) is 33.3 Å². The Morgan fingerprint density at radius 1 is 0.671 bits per heavy atom. The van der Waals surface area contributed by atoms with Crippen LogP contribution in [0.4, 0.5) is 10.3 Å². The van der Waals surface area contributed by atoms with E-state index in [1.807, 2.05) is 50.2 Å². The average molecular weight is 1090 g/mol. The summed E-state index contributed by atoms with van der Waals surface area (Å²) in [6.45, 7) is 5.67. The summed E-state index contributed by atoms with van der Waals surface area (Å²) >= 11 is 14.6. The number of hydrogen-bond acceptors (Lipinski definition) is 15. The highest BCUT2D eigenvalue weighted by atomic mass is 35.5. The Balaban J connectivity index is 0.000000186. The van der Waals surface area contributed by atoms with Crippen LogP contribution < -0.4 is 21.0 Å². The molecule has 2 aliphatic rings. The first-order valence-electron chi connectivity index (χ1n) is 21.6. The van der Waals surface area contributed by atoms with Crippen LogP contribution in [0.1, 0.15) is 80.3 Å². The summed E-state index contributed by atoms with van der Waals surface area (Å²) in [7, 11) is -6.04. The van der Waals surface area contributed by atoms with Crippen molar-refractivity contribution >= 4 is 122 Å². The molecule has 0 saturated heterocycles. The van der Waals surface area contributed by atoms with Crippen LogP contribution in [0, 0.1) is 0 Å². The highest BCUT2D eigenvalue weighted by Gasteiger charge is 2.28. The lowest BCUT2D eigenvalue weighted by atomic mass is 9.89. The van der Waals surface area contributed by atoms with Crippen LogP contribution in [0.3, 0.4) is 0 Å². The van der Waals surface area contributed by atoms with E-state index in [9.17, 15) is 26.4 Å². The fourth-order valence-electron chi connectivity index (χ4n) is 8.68. The van der Waals surface area contributed by atoms with E-state index in [4.69, 9.17) is 32.0 Å². The van der Waals surface area contributed by atoms with E-state index < -0.39 is 31.6 Å². The molecule has 4 aromatic heterocycles. The number of halogens is 3. The van der Waals surface area contributed by atoms with E-state index in [2.05, 4.69) is 64.4 Å². The zero-order chi connectivity index (χ0) is 48.6. The summed E-state index contributed by atoms with van der Waals surface area (Å²) in [5.41, 5.74) is 7.77. The number of anilines is 2. The second kappa shape index (κ2) is 21.0. The third kappa shape index (κ3) is 10.4. The maximum atomic E-state index is 13.0. The van der Waals surface area contributed by atoms with Gasteiger partial charge in [0.2, 0.25) is 10.3 Å². The molecule has 0 amide bonds. The minimum atomic E-state index is -4.06. The van der Waals surface area contributed by atoms with Gasteiger partial charge in [0.15, 0.2) is 11.2 Å². The first-order valence-corrected chi connectivity index (χ1v) is 26.9. The Kier molecular flexibility index (Phi) is 15.2. The van der Waals surface area contributed by atoms with Crippen molar-refractivity contribution in [1.82, 2.24) is 32.7 Å². The van der Waals surface area contributed by atoms with Gasteiger partial charge < -0.3 is 13.7 Å². The Morgan fingerprint density at radius 2 is 1.14 bits per heavy atom. The van der Waals surface area contributed by atoms with Crippen LogP contribution in [0.5, 0.6) is 0 Å². The second-order valence-electron chi connectivity index (χ2n) is 16.4. The first-order chi connectivity index (χ1) is 33.1. The molecule has 0 unspecified atom stereocenters. The van der Waals surface area contributed by atoms with Crippen molar-refractivity contribution < 1.29 is 25.7 Å². The molecule has 2 N–H and O–H groups in total. The van der Waals surface area contributed by atoms with Crippen molar-refractivity contribution in [3.8, 4) is 0 Å². The molecule has 70 heavy (non-hydrogen) atoms. The van der Waals surface area contributed by atoms with Crippen LogP contribution in [0.2, 0.25) is 10.0 Å². The molecule has 2 atom stereocenters. The fourth-order valence-corrected chi connectivity index (χ4v) is 13.1. The summed E-state index contributed by atoms with van der Waals surface area (Å²) in [6, 6.07) is 20.7. The number of oxazole rings is 2. The van der Waals surface area contributed by atoms with Gasteiger partial charge in [-0.1, -0.05) is 83.9 Å². The minimum Gasteiger partial charge on any atom is -0.408 e. The van der Waals surface area contributed by atoms with Gasteiger partial charge in [0.25, 0.3) is 20.0 Å². The molecule has 0 spiro atoms. The van der Waals surface area contributed by atoms with Crippen molar-refractivity contribution in [3.05, 3.63) is 151 Å². The standard InChI is InChI=1S/C23H22ClN5O4S2.C23H21ClN4O4S2.ClH/c1-14(16-5-3-4-6-17(16)15-7-9-28(2)10-8-15)29-19-11-18(24)21(12-20(19)33-23(29)30)35(31,32)27-22-25-13-26-34-22;1-14(16-9-5-6-10-17(16)15-7-3-2-4-8-15)28-19-11-18(24)21(12-20(19)32-23(28)29)34(30,31)27-22-25-13-26-33-22;/h3-7,11-14H,8-10H2,1-2H3,(H,25,26,27);5-7,9-14H,2-4,8H2,1H3,(H,25,26,27);1H/t2*14-;/m11./s1. The van der Waals surface area contributed by atoms with Gasteiger partial charge in [-0.15, -0.1) is 12.4 Å². The van der Waals surface area contributed by atoms with Gasteiger partial charge in [0.1, 0.15) is 22.4 Å². The third-order valence-corrected chi connectivity index (χ3v) is 17.1. The number of fused-ring (bicyclic) bond motifs is 2. The Bertz CT molecular complexity index is 3630. The van der Waals surface area contributed by atoms with E-state index in [1.165, 1.54) is 63.6 Å². The Labute approximate surface area is 426 Å². The molecule has 17 nitrogen and oxygen atoms in total. The number of allylic oxidation sites excluding steroid dienone is 2. The summed E-state index contributed by atoms with van der Waals surface area (Å²) in [5.74, 6) is -1.18. The summed E-state index contributed by atoms with van der Waals surface area (Å²) in [5, 5.41) is 0.142. The van der Waals surface area contributed by atoms with Crippen LogP contribution in [-0.2, 0) is 20.0 Å². The average Bonchev–Trinajstić information content (AvgIpc) is 4.16. The van der Waals surface area contributed by atoms with E-state index >= 15 is 0 Å². The smallest absolute Gasteiger partial charge is 0.408 e. The Hall–Kier alpha value is -5.65.